The van der Waals surface area contributed by atoms with E-state index >= 15 is 0 Å². The van der Waals surface area contributed by atoms with Crippen LogP contribution in [0.15, 0.2) is 4.99 Å². The molecule has 0 atom stereocenters. The molecule has 0 bridgehead atoms. The molecule has 58 valence electrons. The summed E-state index contributed by atoms with van der Waals surface area (Å²) in [5, 5.41) is 0. The lowest BCUT2D eigenvalue weighted by Crippen LogP contribution is -1.83. The van der Waals surface area contributed by atoms with Crippen molar-refractivity contribution in [2.75, 3.05) is 12.3 Å². The molecule has 0 aliphatic rings. The lowest BCUT2D eigenvalue weighted by Gasteiger charge is -1.86. The molecular weight excluding hydrogens is 146 g/mol. The number of nitrogens with zero attached hydrogens (tertiary/aromatic N) is 1. The molecule has 0 aromatic carbocycles. The summed E-state index contributed by atoms with van der Waals surface area (Å²) in [6, 6.07) is 0. The van der Waals surface area contributed by atoms with Gasteiger partial charge in [0, 0.05) is 18.7 Å². The van der Waals surface area contributed by atoms with Crippen molar-refractivity contribution < 1.29 is 4.79 Å². The van der Waals surface area contributed by atoms with Crippen LogP contribution in [0.3, 0.4) is 0 Å². The second-order valence-electron chi connectivity index (χ2n) is 1.91. The van der Waals surface area contributed by atoms with Crippen LogP contribution in [0.4, 0.5) is 0 Å². The Morgan fingerprint density at radius 3 is 2.80 bits per heavy atom. The summed E-state index contributed by atoms with van der Waals surface area (Å²) < 4.78 is 0. The number of aliphatic imine (C=N–C) groups is 1. The van der Waals surface area contributed by atoms with Gasteiger partial charge < -0.3 is 4.79 Å². The molecule has 0 N–H and O–H groups in total. The van der Waals surface area contributed by atoms with E-state index in [1.807, 2.05) is 6.21 Å². The maximum Gasteiger partial charge on any atom is 0.120 e. The molecule has 2 nitrogen and oxygen atoms in total. The molecule has 0 spiro atoms. The molecule has 10 heavy (non-hydrogen) atoms. The highest BCUT2D eigenvalue weighted by atomic mass is 32.1. The van der Waals surface area contributed by atoms with Crippen molar-refractivity contribution in [1.82, 2.24) is 0 Å². The largest absolute Gasteiger partial charge is 0.303 e. The van der Waals surface area contributed by atoms with Gasteiger partial charge in [-0.2, -0.15) is 12.6 Å². The molecule has 3 heteroatoms. The average Bonchev–Trinajstić information content (AvgIpc) is 1.97. The summed E-state index contributed by atoms with van der Waals surface area (Å²) in [5.41, 5.74) is 0. The van der Waals surface area contributed by atoms with Gasteiger partial charge in [-0.05, 0) is 19.1 Å². The van der Waals surface area contributed by atoms with E-state index < -0.39 is 0 Å². The molecule has 0 fully saturated rings. The average molecular weight is 159 g/mol. The van der Waals surface area contributed by atoms with Gasteiger partial charge >= 0.3 is 0 Å². The molecule has 0 aromatic rings. The van der Waals surface area contributed by atoms with Crippen molar-refractivity contribution in [3.8, 4) is 0 Å². The van der Waals surface area contributed by atoms with Crippen LogP contribution in [0, 0.1) is 0 Å². The van der Waals surface area contributed by atoms with Crippen molar-refractivity contribution in [2.45, 2.75) is 19.3 Å². The Balaban J connectivity index is 2.94. The SMILES string of the molecule is O=CCCC/C=N/CCS. The predicted molar refractivity (Wildman–Crippen MR) is 47.1 cm³/mol. The van der Waals surface area contributed by atoms with E-state index in [9.17, 15) is 4.79 Å². The number of hydrogen-bond acceptors (Lipinski definition) is 3. The monoisotopic (exact) mass is 159 g/mol. The van der Waals surface area contributed by atoms with E-state index in [1.54, 1.807) is 0 Å². The molecule has 0 radical (unpaired) electrons. The summed E-state index contributed by atoms with van der Waals surface area (Å²) >= 11 is 3.99. The highest BCUT2D eigenvalue weighted by molar-refractivity contribution is 7.80. The highest BCUT2D eigenvalue weighted by Gasteiger charge is 1.81. The summed E-state index contributed by atoms with van der Waals surface area (Å²) in [5.74, 6) is 0.796. The number of carbonyl (C=O) groups is 1. The molecule has 0 heterocycles. The number of thiol groups is 1. The van der Waals surface area contributed by atoms with Crippen LogP contribution < -0.4 is 0 Å². The van der Waals surface area contributed by atoms with Gasteiger partial charge in [-0.15, -0.1) is 0 Å². The predicted octanol–water partition coefficient (Wildman–Crippen LogP) is 1.36. The first-order valence-electron chi connectivity index (χ1n) is 3.44. The Hall–Kier alpha value is -0.310. The Bertz CT molecular complexity index is 104. The molecule has 0 saturated heterocycles. The first-order valence-corrected chi connectivity index (χ1v) is 4.08. The second-order valence-corrected chi connectivity index (χ2v) is 2.36. The molecule has 0 saturated carbocycles. The topological polar surface area (TPSA) is 29.4 Å². The molecule has 0 unspecified atom stereocenters. The van der Waals surface area contributed by atoms with Crippen LogP contribution in [0.1, 0.15) is 19.3 Å². The van der Waals surface area contributed by atoms with E-state index in [2.05, 4.69) is 17.6 Å². The Kier molecular flexibility index (Phi) is 8.42. The van der Waals surface area contributed by atoms with Crippen LogP contribution in [0.25, 0.3) is 0 Å². The van der Waals surface area contributed by atoms with Crippen molar-refractivity contribution in [1.29, 1.82) is 0 Å². The van der Waals surface area contributed by atoms with Gasteiger partial charge in [0.2, 0.25) is 0 Å². The van der Waals surface area contributed by atoms with Crippen molar-refractivity contribution in [3.05, 3.63) is 0 Å². The fourth-order valence-corrected chi connectivity index (χ4v) is 0.648. The molecule has 0 amide bonds. The highest BCUT2D eigenvalue weighted by Crippen LogP contribution is 1.88. The smallest absolute Gasteiger partial charge is 0.120 e. The zero-order chi connectivity index (χ0) is 7.66. The fourth-order valence-electron chi connectivity index (χ4n) is 0.533. The number of rotatable bonds is 6. The van der Waals surface area contributed by atoms with Gasteiger partial charge in [0.1, 0.15) is 6.29 Å². The number of unbranched alkanes of at least 4 members (excludes halogenated alkanes) is 2. The van der Waals surface area contributed by atoms with E-state index in [1.165, 1.54) is 0 Å². The third-order valence-electron chi connectivity index (χ3n) is 1.01. The second kappa shape index (κ2) is 8.69. The molecule has 0 aliphatic heterocycles. The van der Waals surface area contributed by atoms with Crippen molar-refractivity contribution in [2.24, 2.45) is 4.99 Å². The van der Waals surface area contributed by atoms with Crippen LogP contribution >= 0.6 is 12.6 Å². The fraction of sp³-hybridized carbons (Fsp3) is 0.714. The maximum absolute atomic E-state index is 9.84. The van der Waals surface area contributed by atoms with Crippen LogP contribution in [0.2, 0.25) is 0 Å². The van der Waals surface area contributed by atoms with E-state index in [4.69, 9.17) is 0 Å². The number of aldehydes is 1. The van der Waals surface area contributed by atoms with E-state index in [0.29, 0.717) is 6.42 Å². The number of hydrogen-bond donors (Lipinski definition) is 1. The Morgan fingerprint density at radius 2 is 2.20 bits per heavy atom. The first-order chi connectivity index (χ1) is 4.91. The normalized spacial score (nSPS) is 10.5. The van der Waals surface area contributed by atoms with Gasteiger partial charge in [-0.25, -0.2) is 0 Å². The minimum atomic E-state index is 0.646. The van der Waals surface area contributed by atoms with Crippen LogP contribution in [0.5, 0.6) is 0 Å². The lowest BCUT2D eigenvalue weighted by atomic mass is 10.3. The van der Waals surface area contributed by atoms with Gasteiger partial charge in [0.05, 0.1) is 0 Å². The zero-order valence-electron chi connectivity index (χ0n) is 5.99. The van der Waals surface area contributed by atoms with E-state index in [0.717, 1.165) is 31.4 Å². The summed E-state index contributed by atoms with van der Waals surface area (Å²) in [7, 11) is 0. The maximum atomic E-state index is 9.84. The zero-order valence-corrected chi connectivity index (χ0v) is 6.89. The van der Waals surface area contributed by atoms with Crippen LogP contribution in [-0.2, 0) is 4.79 Å². The summed E-state index contributed by atoms with van der Waals surface area (Å²) in [6.07, 6.45) is 5.27. The van der Waals surface area contributed by atoms with Crippen molar-refractivity contribution in [3.63, 3.8) is 0 Å². The standard InChI is InChI=1S/C7H13NOS/c9-6-3-1-2-4-8-5-7-10/h4,6,10H,1-3,5,7H2/b8-4+. The molecule has 0 rings (SSSR count). The van der Waals surface area contributed by atoms with Crippen LogP contribution in [-0.4, -0.2) is 24.8 Å². The first kappa shape index (κ1) is 9.69. The molecule has 0 aliphatic carbocycles. The molecule has 0 aromatic heterocycles. The minimum absolute atomic E-state index is 0.646. The quantitative estimate of drug-likeness (QED) is 0.269. The van der Waals surface area contributed by atoms with E-state index in [-0.39, 0.29) is 0 Å². The lowest BCUT2D eigenvalue weighted by molar-refractivity contribution is -0.107. The summed E-state index contributed by atoms with van der Waals surface area (Å²) in [4.78, 5) is 13.9. The third kappa shape index (κ3) is 7.69. The Labute approximate surface area is 67.1 Å². The third-order valence-corrected chi connectivity index (χ3v) is 1.21. The van der Waals surface area contributed by atoms with Gasteiger partial charge in [-0.3, -0.25) is 4.99 Å². The minimum Gasteiger partial charge on any atom is -0.303 e. The summed E-state index contributed by atoms with van der Waals surface area (Å²) in [6.45, 7) is 0.782. The Morgan fingerprint density at radius 1 is 1.40 bits per heavy atom. The van der Waals surface area contributed by atoms with Gasteiger partial charge in [0.25, 0.3) is 0 Å². The molecular formula is C7H13NOS. The van der Waals surface area contributed by atoms with Crippen molar-refractivity contribution >= 4 is 25.1 Å². The number of carbonyl (C=O) groups excluding carboxylic acids is 1. The van der Waals surface area contributed by atoms with Gasteiger partial charge in [-0.1, -0.05) is 0 Å². The van der Waals surface area contributed by atoms with Gasteiger partial charge in [0.15, 0.2) is 0 Å².